The summed E-state index contributed by atoms with van der Waals surface area (Å²) in [5, 5.41) is 12.1. The third-order valence-electron chi connectivity index (χ3n) is 3.86. The molecule has 1 fully saturated rings. The van der Waals surface area contributed by atoms with E-state index in [2.05, 4.69) is 17.0 Å². The minimum absolute atomic E-state index is 0.0995. The molecule has 0 bridgehead atoms. The average molecular weight is 292 g/mol. The number of benzene rings is 1. The molecule has 114 valence electrons. The Morgan fingerprint density at radius 3 is 3.19 bits per heavy atom. The van der Waals surface area contributed by atoms with Crippen LogP contribution in [0.15, 0.2) is 23.4 Å². The standard InChI is InChI=1S/C15H20N2O4/c1-2-17-5-6-19-12(8-17)9-20-11-3-4-13-14(16-18)10-21-15(13)7-11/h3-4,7,12,18H,2,5-6,8-10H2,1H3. The van der Waals surface area contributed by atoms with Crippen LogP contribution in [-0.4, -0.2) is 61.4 Å². The molecule has 3 rings (SSSR count). The van der Waals surface area contributed by atoms with Crippen LogP contribution in [0.1, 0.15) is 12.5 Å². The highest BCUT2D eigenvalue weighted by molar-refractivity contribution is 6.05. The summed E-state index contributed by atoms with van der Waals surface area (Å²) in [5.41, 5.74) is 1.36. The molecule has 0 radical (unpaired) electrons. The zero-order chi connectivity index (χ0) is 14.7. The van der Waals surface area contributed by atoms with Crippen molar-refractivity contribution in [2.45, 2.75) is 13.0 Å². The molecule has 0 aromatic heterocycles. The Kier molecular flexibility index (Phi) is 4.26. The van der Waals surface area contributed by atoms with Crippen molar-refractivity contribution < 1.29 is 19.4 Å². The molecule has 1 aromatic carbocycles. The zero-order valence-electron chi connectivity index (χ0n) is 12.1. The van der Waals surface area contributed by atoms with E-state index in [1.165, 1.54) is 0 Å². The number of nitrogens with zero attached hydrogens (tertiary/aromatic N) is 2. The van der Waals surface area contributed by atoms with Crippen LogP contribution in [0, 0.1) is 0 Å². The van der Waals surface area contributed by atoms with Crippen LogP contribution < -0.4 is 9.47 Å². The molecule has 2 aliphatic rings. The summed E-state index contributed by atoms with van der Waals surface area (Å²) in [4.78, 5) is 2.35. The van der Waals surface area contributed by atoms with Crippen LogP contribution in [0.5, 0.6) is 11.5 Å². The lowest BCUT2D eigenvalue weighted by Gasteiger charge is -2.31. The Balaban J connectivity index is 1.59. The maximum atomic E-state index is 8.86. The van der Waals surface area contributed by atoms with Crippen LogP contribution in [0.2, 0.25) is 0 Å². The van der Waals surface area contributed by atoms with E-state index in [-0.39, 0.29) is 6.10 Å². The van der Waals surface area contributed by atoms with Crippen molar-refractivity contribution in [1.82, 2.24) is 4.90 Å². The number of ether oxygens (including phenoxy) is 3. The van der Waals surface area contributed by atoms with Gasteiger partial charge in [-0.2, -0.15) is 0 Å². The molecule has 0 aliphatic carbocycles. The number of rotatable bonds is 4. The highest BCUT2D eigenvalue weighted by atomic mass is 16.5. The van der Waals surface area contributed by atoms with E-state index in [1.54, 1.807) is 0 Å². The highest BCUT2D eigenvalue weighted by Gasteiger charge is 2.22. The molecule has 6 heteroatoms. The minimum atomic E-state index is 0.0995. The van der Waals surface area contributed by atoms with Crippen LogP contribution >= 0.6 is 0 Å². The number of hydrogen-bond donors (Lipinski definition) is 1. The van der Waals surface area contributed by atoms with Crippen LogP contribution in [-0.2, 0) is 4.74 Å². The van der Waals surface area contributed by atoms with Gasteiger partial charge in [-0.15, -0.1) is 0 Å². The molecule has 1 saturated heterocycles. The second-order valence-corrected chi connectivity index (χ2v) is 5.19. The van der Waals surface area contributed by atoms with Gasteiger partial charge in [-0.1, -0.05) is 12.1 Å². The van der Waals surface area contributed by atoms with Gasteiger partial charge in [0.1, 0.15) is 36.5 Å². The summed E-state index contributed by atoms with van der Waals surface area (Å²) in [7, 11) is 0. The van der Waals surface area contributed by atoms with Gasteiger partial charge < -0.3 is 19.4 Å². The molecular formula is C15H20N2O4. The summed E-state index contributed by atoms with van der Waals surface area (Å²) < 4.78 is 17.0. The quantitative estimate of drug-likeness (QED) is 0.670. The predicted octanol–water partition coefficient (Wildman–Crippen LogP) is 1.36. The van der Waals surface area contributed by atoms with Gasteiger partial charge in [-0.05, 0) is 18.7 Å². The van der Waals surface area contributed by atoms with E-state index in [0.717, 1.165) is 37.6 Å². The number of morpholine rings is 1. The Bertz CT molecular complexity index is 532. The van der Waals surface area contributed by atoms with Crippen molar-refractivity contribution in [3.63, 3.8) is 0 Å². The molecular weight excluding hydrogens is 272 g/mol. The summed E-state index contributed by atoms with van der Waals surface area (Å²) in [6.07, 6.45) is 0.0995. The van der Waals surface area contributed by atoms with E-state index < -0.39 is 0 Å². The fourth-order valence-corrected chi connectivity index (χ4v) is 2.61. The minimum Gasteiger partial charge on any atom is -0.491 e. The first-order valence-corrected chi connectivity index (χ1v) is 7.25. The molecule has 0 spiro atoms. The van der Waals surface area contributed by atoms with E-state index in [4.69, 9.17) is 19.4 Å². The molecule has 1 unspecified atom stereocenters. The van der Waals surface area contributed by atoms with Gasteiger partial charge in [0.2, 0.25) is 0 Å². The van der Waals surface area contributed by atoms with Crippen LogP contribution in [0.3, 0.4) is 0 Å². The smallest absolute Gasteiger partial charge is 0.134 e. The lowest BCUT2D eigenvalue weighted by molar-refractivity contribution is -0.0464. The Morgan fingerprint density at radius 1 is 1.48 bits per heavy atom. The van der Waals surface area contributed by atoms with E-state index >= 15 is 0 Å². The summed E-state index contributed by atoms with van der Waals surface area (Å²) in [6, 6.07) is 5.54. The van der Waals surface area contributed by atoms with Crippen molar-refractivity contribution in [1.29, 1.82) is 0 Å². The summed E-state index contributed by atoms with van der Waals surface area (Å²) in [6.45, 7) is 6.66. The monoisotopic (exact) mass is 292 g/mol. The second kappa shape index (κ2) is 6.32. The normalized spacial score (nSPS) is 23.9. The van der Waals surface area contributed by atoms with Gasteiger partial charge in [-0.25, -0.2) is 0 Å². The van der Waals surface area contributed by atoms with Crippen molar-refractivity contribution in [2.75, 3.05) is 39.5 Å². The lowest BCUT2D eigenvalue weighted by atomic mass is 10.1. The lowest BCUT2D eigenvalue weighted by Crippen LogP contribution is -2.44. The topological polar surface area (TPSA) is 63.5 Å². The molecule has 0 saturated carbocycles. The molecule has 6 nitrogen and oxygen atoms in total. The first kappa shape index (κ1) is 14.2. The van der Waals surface area contributed by atoms with Gasteiger partial charge in [0, 0.05) is 24.7 Å². The molecule has 0 amide bonds. The number of fused-ring (bicyclic) bond motifs is 1. The van der Waals surface area contributed by atoms with Crippen molar-refractivity contribution in [3.05, 3.63) is 23.8 Å². The van der Waals surface area contributed by atoms with Gasteiger partial charge in [0.15, 0.2) is 0 Å². The highest BCUT2D eigenvalue weighted by Crippen LogP contribution is 2.30. The van der Waals surface area contributed by atoms with Gasteiger partial charge in [0.25, 0.3) is 0 Å². The van der Waals surface area contributed by atoms with Crippen LogP contribution in [0.4, 0.5) is 0 Å². The third-order valence-corrected chi connectivity index (χ3v) is 3.86. The van der Waals surface area contributed by atoms with Gasteiger partial charge in [0.05, 0.1) is 6.61 Å². The summed E-state index contributed by atoms with van der Waals surface area (Å²) in [5.74, 6) is 1.44. The molecule has 1 atom stereocenters. The first-order chi connectivity index (χ1) is 10.3. The SMILES string of the molecule is CCN1CCOC(COc2ccc3c(c2)OCC3=NO)C1. The van der Waals surface area contributed by atoms with Gasteiger partial charge >= 0.3 is 0 Å². The van der Waals surface area contributed by atoms with Crippen LogP contribution in [0.25, 0.3) is 0 Å². The largest absolute Gasteiger partial charge is 0.491 e. The van der Waals surface area contributed by atoms with Crippen molar-refractivity contribution >= 4 is 5.71 Å². The Morgan fingerprint density at radius 2 is 2.38 bits per heavy atom. The first-order valence-electron chi connectivity index (χ1n) is 7.25. The number of oxime groups is 1. The van der Waals surface area contributed by atoms with Gasteiger partial charge in [-0.3, -0.25) is 4.90 Å². The average Bonchev–Trinajstić information content (AvgIpc) is 2.95. The molecule has 2 heterocycles. The maximum Gasteiger partial charge on any atom is 0.134 e. The fraction of sp³-hybridized carbons (Fsp3) is 0.533. The van der Waals surface area contributed by atoms with Crippen molar-refractivity contribution in [3.8, 4) is 11.5 Å². The second-order valence-electron chi connectivity index (χ2n) is 5.19. The Hall–Kier alpha value is -1.79. The maximum absolute atomic E-state index is 8.86. The zero-order valence-corrected chi connectivity index (χ0v) is 12.1. The molecule has 1 aromatic rings. The van der Waals surface area contributed by atoms with E-state index in [9.17, 15) is 0 Å². The third kappa shape index (κ3) is 3.11. The molecule has 2 aliphatic heterocycles. The number of likely N-dealkylation sites (N-methyl/N-ethyl adjacent to an activating group) is 1. The van der Waals surface area contributed by atoms with E-state index in [0.29, 0.717) is 24.7 Å². The molecule has 1 N–H and O–H groups in total. The Labute approximate surface area is 123 Å². The molecule has 21 heavy (non-hydrogen) atoms. The van der Waals surface area contributed by atoms with E-state index in [1.807, 2.05) is 18.2 Å². The number of hydrogen-bond acceptors (Lipinski definition) is 6. The van der Waals surface area contributed by atoms with Crippen molar-refractivity contribution in [2.24, 2.45) is 5.16 Å². The summed E-state index contributed by atoms with van der Waals surface area (Å²) >= 11 is 0. The predicted molar refractivity (Wildman–Crippen MR) is 77.6 cm³/mol. The fourth-order valence-electron chi connectivity index (χ4n) is 2.61.